The number of aromatic nitrogens is 4. The molecule has 0 N–H and O–H groups in total. The molecule has 3 aromatic heterocycles. The van der Waals surface area contributed by atoms with E-state index in [1.807, 2.05) is 56.7 Å². The SMILES string of the molecule is CC1CN(c2ccc3nnc(-c4ccsc4)n3n2)CCN1C(=O)OC(C)(C)C. The molecule has 0 spiro atoms. The number of ether oxygens (including phenoxy) is 1. The van der Waals surface area contributed by atoms with Crippen molar-refractivity contribution >= 4 is 28.9 Å². The van der Waals surface area contributed by atoms with Crippen LogP contribution >= 0.6 is 11.3 Å². The Labute approximate surface area is 167 Å². The Morgan fingerprint density at radius 2 is 2.04 bits per heavy atom. The van der Waals surface area contributed by atoms with Gasteiger partial charge in [0.2, 0.25) is 0 Å². The molecule has 0 bridgehead atoms. The predicted octanol–water partition coefficient (Wildman–Crippen LogP) is 3.30. The molecule has 0 radical (unpaired) electrons. The Morgan fingerprint density at radius 1 is 1.21 bits per heavy atom. The van der Waals surface area contributed by atoms with Crippen LogP contribution in [0.25, 0.3) is 17.0 Å². The third-order valence-electron chi connectivity index (χ3n) is 4.61. The van der Waals surface area contributed by atoms with Gasteiger partial charge >= 0.3 is 6.09 Å². The summed E-state index contributed by atoms with van der Waals surface area (Å²) in [7, 11) is 0. The zero-order valence-electron chi connectivity index (χ0n) is 16.5. The fourth-order valence-electron chi connectivity index (χ4n) is 3.28. The molecule has 1 amide bonds. The average molecular weight is 401 g/mol. The number of amides is 1. The van der Waals surface area contributed by atoms with Crippen LogP contribution in [0.1, 0.15) is 27.7 Å². The lowest BCUT2D eigenvalue weighted by Crippen LogP contribution is -2.55. The highest BCUT2D eigenvalue weighted by atomic mass is 32.1. The molecule has 0 saturated carbocycles. The second-order valence-corrected chi connectivity index (χ2v) is 8.75. The van der Waals surface area contributed by atoms with Gasteiger partial charge in [0.05, 0.1) is 0 Å². The first-order valence-corrected chi connectivity index (χ1v) is 10.3. The first kappa shape index (κ1) is 18.7. The highest BCUT2D eigenvalue weighted by Gasteiger charge is 2.31. The second-order valence-electron chi connectivity index (χ2n) is 7.97. The fourth-order valence-corrected chi connectivity index (χ4v) is 3.91. The molecule has 148 valence electrons. The summed E-state index contributed by atoms with van der Waals surface area (Å²) >= 11 is 1.62. The molecule has 1 saturated heterocycles. The molecule has 0 aromatic carbocycles. The largest absolute Gasteiger partial charge is 0.444 e. The lowest BCUT2D eigenvalue weighted by atomic mass is 10.2. The molecule has 0 aliphatic carbocycles. The summed E-state index contributed by atoms with van der Waals surface area (Å²) in [5.41, 5.74) is 1.23. The zero-order valence-corrected chi connectivity index (χ0v) is 17.3. The lowest BCUT2D eigenvalue weighted by molar-refractivity contribution is 0.0158. The van der Waals surface area contributed by atoms with Gasteiger partial charge in [0.25, 0.3) is 0 Å². The van der Waals surface area contributed by atoms with Crippen molar-refractivity contribution in [2.75, 3.05) is 24.5 Å². The summed E-state index contributed by atoms with van der Waals surface area (Å²) in [6, 6.07) is 5.92. The van der Waals surface area contributed by atoms with Crippen LogP contribution in [0.3, 0.4) is 0 Å². The number of nitrogens with zero attached hydrogens (tertiary/aromatic N) is 6. The fraction of sp³-hybridized carbons (Fsp3) is 0.474. The highest BCUT2D eigenvalue weighted by Crippen LogP contribution is 2.23. The second kappa shape index (κ2) is 7.05. The molecule has 1 unspecified atom stereocenters. The van der Waals surface area contributed by atoms with Crippen LogP contribution in [-0.2, 0) is 4.74 Å². The van der Waals surface area contributed by atoms with E-state index in [1.54, 1.807) is 20.8 Å². The average Bonchev–Trinajstić information content (AvgIpc) is 3.28. The summed E-state index contributed by atoms with van der Waals surface area (Å²) in [6.45, 7) is 9.66. The van der Waals surface area contributed by atoms with Crippen LogP contribution < -0.4 is 4.90 Å². The van der Waals surface area contributed by atoms with Crippen LogP contribution in [0, 0.1) is 0 Å². The molecule has 8 nitrogen and oxygen atoms in total. The Morgan fingerprint density at radius 3 is 2.71 bits per heavy atom. The Balaban J connectivity index is 1.53. The number of hydrogen-bond donors (Lipinski definition) is 0. The van der Waals surface area contributed by atoms with Crippen LogP contribution in [0.5, 0.6) is 0 Å². The smallest absolute Gasteiger partial charge is 0.410 e. The van der Waals surface area contributed by atoms with Crippen LogP contribution in [0.15, 0.2) is 29.0 Å². The molecule has 9 heteroatoms. The number of hydrogen-bond acceptors (Lipinski definition) is 7. The zero-order chi connectivity index (χ0) is 19.9. The molecule has 3 aromatic rings. The van der Waals surface area contributed by atoms with Gasteiger partial charge in [-0.1, -0.05) is 0 Å². The van der Waals surface area contributed by atoms with Gasteiger partial charge in [-0.15, -0.1) is 15.3 Å². The maximum Gasteiger partial charge on any atom is 0.410 e. The van der Waals surface area contributed by atoms with Crippen LogP contribution in [0.2, 0.25) is 0 Å². The van der Waals surface area contributed by atoms with E-state index in [9.17, 15) is 4.79 Å². The van der Waals surface area contributed by atoms with Crippen molar-refractivity contribution < 1.29 is 9.53 Å². The molecule has 4 heterocycles. The molecular formula is C19H24N6O2S. The Kier molecular flexibility index (Phi) is 4.70. The van der Waals surface area contributed by atoms with Crippen molar-refractivity contribution in [3.8, 4) is 11.4 Å². The van der Waals surface area contributed by atoms with E-state index in [4.69, 9.17) is 9.84 Å². The van der Waals surface area contributed by atoms with Crippen molar-refractivity contribution in [1.82, 2.24) is 24.7 Å². The van der Waals surface area contributed by atoms with Crippen LogP contribution in [-0.4, -0.2) is 62.1 Å². The van der Waals surface area contributed by atoms with Gasteiger partial charge in [0, 0.05) is 36.6 Å². The van der Waals surface area contributed by atoms with E-state index in [1.165, 1.54) is 0 Å². The van der Waals surface area contributed by atoms with Crippen molar-refractivity contribution in [1.29, 1.82) is 0 Å². The van der Waals surface area contributed by atoms with E-state index in [0.29, 0.717) is 25.3 Å². The van der Waals surface area contributed by atoms with Crippen molar-refractivity contribution in [3.05, 3.63) is 29.0 Å². The summed E-state index contributed by atoms with van der Waals surface area (Å²) < 4.78 is 7.31. The molecule has 4 rings (SSSR count). The minimum absolute atomic E-state index is 0.0263. The number of carbonyl (C=O) groups excluding carboxylic acids is 1. The normalized spacial score (nSPS) is 17.9. The van der Waals surface area contributed by atoms with E-state index < -0.39 is 5.60 Å². The minimum atomic E-state index is -0.493. The Bertz CT molecular complexity index is 978. The molecule has 28 heavy (non-hydrogen) atoms. The van der Waals surface area contributed by atoms with Gasteiger partial charge in [-0.3, -0.25) is 0 Å². The summed E-state index contributed by atoms with van der Waals surface area (Å²) in [5.74, 6) is 1.58. The maximum atomic E-state index is 12.4. The van der Waals surface area contributed by atoms with Crippen molar-refractivity contribution in [2.24, 2.45) is 0 Å². The molecule has 1 aliphatic rings. The predicted molar refractivity (Wildman–Crippen MR) is 109 cm³/mol. The number of carbonyl (C=O) groups is 1. The van der Waals surface area contributed by atoms with Crippen molar-refractivity contribution in [3.63, 3.8) is 0 Å². The minimum Gasteiger partial charge on any atom is -0.444 e. The van der Waals surface area contributed by atoms with Crippen LogP contribution in [0.4, 0.5) is 10.6 Å². The number of rotatable bonds is 2. The lowest BCUT2D eigenvalue weighted by Gasteiger charge is -2.40. The van der Waals surface area contributed by atoms with Gasteiger partial charge in [0.15, 0.2) is 11.5 Å². The van der Waals surface area contributed by atoms with E-state index in [0.717, 1.165) is 17.2 Å². The Hall–Kier alpha value is -2.68. The van der Waals surface area contributed by atoms with Gasteiger partial charge < -0.3 is 14.5 Å². The third kappa shape index (κ3) is 3.66. The maximum absolute atomic E-state index is 12.4. The number of piperazine rings is 1. The molecule has 1 aliphatic heterocycles. The van der Waals surface area contributed by atoms with Gasteiger partial charge in [0.1, 0.15) is 11.4 Å². The standard InChI is InChI=1S/C19H24N6O2S/c1-13-11-23(8-9-24(13)18(26)27-19(2,3)4)16-6-5-15-20-21-17(25(15)22-16)14-7-10-28-12-14/h5-7,10,12-13H,8-9,11H2,1-4H3. The first-order chi connectivity index (χ1) is 13.3. The summed E-state index contributed by atoms with van der Waals surface area (Å²) in [4.78, 5) is 16.4. The first-order valence-electron chi connectivity index (χ1n) is 9.31. The summed E-state index contributed by atoms with van der Waals surface area (Å²) in [5, 5.41) is 17.3. The monoisotopic (exact) mass is 400 g/mol. The van der Waals surface area contributed by atoms with E-state index >= 15 is 0 Å². The van der Waals surface area contributed by atoms with Gasteiger partial charge in [-0.05, 0) is 51.3 Å². The van der Waals surface area contributed by atoms with Gasteiger partial charge in [-0.25, -0.2) is 4.79 Å². The van der Waals surface area contributed by atoms with Crippen molar-refractivity contribution in [2.45, 2.75) is 39.3 Å². The van der Waals surface area contributed by atoms with Gasteiger partial charge in [-0.2, -0.15) is 15.9 Å². The third-order valence-corrected chi connectivity index (χ3v) is 5.29. The number of fused-ring (bicyclic) bond motifs is 1. The quantitative estimate of drug-likeness (QED) is 0.657. The number of thiophene rings is 1. The van der Waals surface area contributed by atoms with E-state index in [2.05, 4.69) is 15.1 Å². The highest BCUT2D eigenvalue weighted by molar-refractivity contribution is 7.08. The molecular weight excluding hydrogens is 376 g/mol. The summed E-state index contributed by atoms with van der Waals surface area (Å²) in [6.07, 6.45) is -0.262. The number of anilines is 1. The molecule has 1 fully saturated rings. The molecule has 1 atom stereocenters. The topological polar surface area (TPSA) is 75.9 Å². The van der Waals surface area contributed by atoms with E-state index in [-0.39, 0.29) is 12.1 Å².